The van der Waals surface area contributed by atoms with Gasteiger partial charge in [-0.05, 0) is 43.3 Å². The fourth-order valence-corrected chi connectivity index (χ4v) is 2.61. The minimum Gasteiger partial charge on any atom is -0.493 e. The van der Waals surface area contributed by atoms with Crippen molar-refractivity contribution in [3.8, 4) is 17.1 Å². The number of esters is 1. The minimum atomic E-state index is -4.50. The molecule has 0 spiro atoms. The quantitative estimate of drug-likeness (QED) is 0.524. The maximum Gasteiger partial charge on any atom is 0.416 e. The molecule has 1 N–H and O–H groups in total. The van der Waals surface area contributed by atoms with E-state index in [2.05, 4.69) is 15.5 Å². The summed E-state index contributed by atoms with van der Waals surface area (Å²) in [5.41, 5.74) is -0.295. The molecular weight excluding hydrogens is 431 g/mol. The van der Waals surface area contributed by atoms with Crippen molar-refractivity contribution in [1.29, 1.82) is 0 Å². The Balaban J connectivity index is 1.50. The van der Waals surface area contributed by atoms with E-state index in [9.17, 15) is 22.8 Å². The standard InChI is InChI=1S/C21H18F3N3O5/c1-2-30-16-6-4-3-5-15(16)19-26-17(32-27-19)12-31-18(28)11-25-20(29)13-7-9-14(10-8-13)21(22,23)24/h3-10H,2,11-12H2,1H3,(H,25,29). The molecule has 1 amide bonds. The number of halogens is 3. The predicted molar refractivity (Wildman–Crippen MR) is 104 cm³/mol. The van der Waals surface area contributed by atoms with E-state index in [0.29, 0.717) is 17.9 Å². The Kier molecular flexibility index (Phi) is 7.08. The molecule has 8 nitrogen and oxygen atoms in total. The normalized spacial score (nSPS) is 11.1. The predicted octanol–water partition coefficient (Wildman–Crippen LogP) is 3.63. The van der Waals surface area contributed by atoms with E-state index in [4.69, 9.17) is 14.0 Å². The van der Waals surface area contributed by atoms with Gasteiger partial charge in [0, 0.05) is 5.56 Å². The topological polar surface area (TPSA) is 104 Å². The molecule has 0 saturated carbocycles. The number of carbonyl (C=O) groups is 2. The average Bonchev–Trinajstić information content (AvgIpc) is 3.25. The average molecular weight is 449 g/mol. The molecule has 3 rings (SSSR count). The second kappa shape index (κ2) is 9.94. The molecule has 11 heteroatoms. The number of alkyl halides is 3. The number of aromatic nitrogens is 2. The number of carbonyl (C=O) groups excluding carboxylic acids is 2. The van der Waals surface area contributed by atoms with Crippen LogP contribution < -0.4 is 10.1 Å². The Labute approximate surface area is 180 Å². The smallest absolute Gasteiger partial charge is 0.416 e. The number of para-hydroxylation sites is 1. The largest absolute Gasteiger partial charge is 0.493 e. The summed E-state index contributed by atoms with van der Waals surface area (Å²) in [6.45, 7) is 1.48. The Bertz CT molecular complexity index is 1080. The van der Waals surface area contributed by atoms with Crippen LogP contribution in [-0.2, 0) is 22.3 Å². The van der Waals surface area contributed by atoms with E-state index in [1.165, 1.54) is 0 Å². The first-order chi connectivity index (χ1) is 15.3. The van der Waals surface area contributed by atoms with E-state index in [1.54, 1.807) is 24.3 Å². The van der Waals surface area contributed by atoms with Crippen LogP contribution >= 0.6 is 0 Å². The zero-order valence-corrected chi connectivity index (χ0v) is 16.8. The maximum absolute atomic E-state index is 12.6. The molecule has 1 heterocycles. The molecule has 0 unspecified atom stereocenters. The molecule has 0 saturated heterocycles. The molecule has 168 valence electrons. The second-order valence-electron chi connectivity index (χ2n) is 6.36. The van der Waals surface area contributed by atoms with Crippen LogP contribution in [0.1, 0.15) is 28.7 Å². The van der Waals surface area contributed by atoms with Crippen molar-refractivity contribution in [2.45, 2.75) is 19.7 Å². The number of nitrogens with zero attached hydrogens (tertiary/aromatic N) is 2. The van der Waals surface area contributed by atoms with Gasteiger partial charge in [-0.15, -0.1) is 0 Å². The summed E-state index contributed by atoms with van der Waals surface area (Å²) >= 11 is 0. The van der Waals surface area contributed by atoms with Crippen LogP contribution in [0.5, 0.6) is 5.75 Å². The van der Waals surface area contributed by atoms with E-state index in [0.717, 1.165) is 24.3 Å². The summed E-state index contributed by atoms with van der Waals surface area (Å²) in [5, 5.41) is 6.11. The van der Waals surface area contributed by atoms with Gasteiger partial charge in [0.1, 0.15) is 12.3 Å². The molecule has 2 aromatic carbocycles. The van der Waals surface area contributed by atoms with Crippen LogP contribution in [0.3, 0.4) is 0 Å². The lowest BCUT2D eigenvalue weighted by atomic mass is 10.1. The number of hydrogen-bond acceptors (Lipinski definition) is 7. The number of benzene rings is 2. The number of amides is 1. The highest BCUT2D eigenvalue weighted by Gasteiger charge is 2.30. The molecule has 0 atom stereocenters. The molecule has 0 bridgehead atoms. The number of hydrogen-bond donors (Lipinski definition) is 1. The van der Waals surface area contributed by atoms with Crippen molar-refractivity contribution in [3.05, 3.63) is 65.5 Å². The van der Waals surface area contributed by atoms with E-state index < -0.39 is 30.2 Å². The zero-order valence-electron chi connectivity index (χ0n) is 16.8. The van der Waals surface area contributed by atoms with Crippen molar-refractivity contribution in [3.63, 3.8) is 0 Å². The Morgan fingerprint density at radius 3 is 2.50 bits per heavy atom. The molecule has 0 radical (unpaired) electrons. The third-order valence-electron chi connectivity index (χ3n) is 4.12. The van der Waals surface area contributed by atoms with E-state index >= 15 is 0 Å². The molecule has 1 aromatic heterocycles. The third kappa shape index (κ3) is 5.84. The van der Waals surface area contributed by atoms with Crippen molar-refractivity contribution in [2.75, 3.05) is 13.2 Å². The van der Waals surface area contributed by atoms with Crippen LogP contribution in [0.15, 0.2) is 53.1 Å². The molecule has 0 aliphatic heterocycles. The van der Waals surface area contributed by atoms with Crippen LogP contribution in [0.25, 0.3) is 11.4 Å². The zero-order chi connectivity index (χ0) is 23.1. The second-order valence-corrected chi connectivity index (χ2v) is 6.36. The highest BCUT2D eigenvalue weighted by molar-refractivity contribution is 5.95. The number of nitrogens with one attached hydrogen (secondary N) is 1. The lowest BCUT2D eigenvalue weighted by Crippen LogP contribution is -2.30. The monoisotopic (exact) mass is 449 g/mol. The number of ether oxygens (including phenoxy) is 2. The number of rotatable bonds is 8. The Morgan fingerprint density at radius 1 is 1.09 bits per heavy atom. The van der Waals surface area contributed by atoms with Crippen molar-refractivity contribution in [2.24, 2.45) is 0 Å². The molecule has 3 aromatic rings. The molecule has 0 fully saturated rings. The highest BCUT2D eigenvalue weighted by atomic mass is 19.4. The van der Waals surface area contributed by atoms with Gasteiger partial charge >= 0.3 is 12.1 Å². The molecular formula is C21H18F3N3O5. The van der Waals surface area contributed by atoms with Gasteiger partial charge < -0.3 is 19.3 Å². The summed E-state index contributed by atoms with van der Waals surface area (Å²) in [6, 6.07) is 10.7. The van der Waals surface area contributed by atoms with Gasteiger partial charge in [-0.3, -0.25) is 9.59 Å². The summed E-state index contributed by atoms with van der Waals surface area (Å²) in [7, 11) is 0. The minimum absolute atomic E-state index is 0.0275. The van der Waals surface area contributed by atoms with Gasteiger partial charge in [0.2, 0.25) is 5.82 Å². The first kappa shape index (κ1) is 22.8. The summed E-state index contributed by atoms with van der Waals surface area (Å²) in [4.78, 5) is 28.0. The SMILES string of the molecule is CCOc1ccccc1-c1noc(COC(=O)CNC(=O)c2ccc(C(F)(F)F)cc2)n1. The van der Waals surface area contributed by atoms with Crippen molar-refractivity contribution < 1.29 is 36.8 Å². The Hall–Kier alpha value is -3.89. The van der Waals surface area contributed by atoms with Gasteiger partial charge in [-0.2, -0.15) is 18.2 Å². The maximum atomic E-state index is 12.6. The fraction of sp³-hybridized carbons (Fsp3) is 0.238. The van der Waals surface area contributed by atoms with Gasteiger partial charge in [-0.25, -0.2) is 0 Å². The summed E-state index contributed by atoms with van der Waals surface area (Å²) in [6.07, 6.45) is -4.50. The molecule has 0 aliphatic rings. The summed E-state index contributed by atoms with van der Waals surface area (Å²) in [5.74, 6) is -0.641. The first-order valence-electron chi connectivity index (χ1n) is 9.43. The van der Waals surface area contributed by atoms with Gasteiger partial charge in [-0.1, -0.05) is 17.3 Å². The highest BCUT2D eigenvalue weighted by Crippen LogP contribution is 2.29. The van der Waals surface area contributed by atoms with Crippen LogP contribution in [-0.4, -0.2) is 35.2 Å². The van der Waals surface area contributed by atoms with Gasteiger partial charge in [0.25, 0.3) is 11.8 Å². The van der Waals surface area contributed by atoms with Crippen LogP contribution in [0, 0.1) is 0 Å². The lowest BCUT2D eigenvalue weighted by molar-refractivity contribution is -0.144. The molecule has 32 heavy (non-hydrogen) atoms. The van der Waals surface area contributed by atoms with Crippen LogP contribution in [0.2, 0.25) is 0 Å². The van der Waals surface area contributed by atoms with E-state index in [-0.39, 0.29) is 23.9 Å². The van der Waals surface area contributed by atoms with Crippen molar-refractivity contribution in [1.82, 2.24) is 15.5 Å². The lowest BCUT2D eigenvalue weighted by Gasteiger charge is -2.08. The summed E-state index contributed by atoms with van der Waals surface area (Å²) < 4.78 is 53.2. The molecule has 0 aliphatic carbocycles. The van der Waals surface area contributed by atoms with Gasteiger partial charge in [0.05, 0.1) is 17.7 Å². The van der Waals surface area contributed by atoms with Crippen molar-refractivity contribution >= 4 is 11.9 Å². The van der Waals surface area contributed by atoms with Gasteiger partial charge in [0.15, 0.2) is 6.61 Å². The van der Waals surface area contributed by atoms with E-state index in [1.807, 2.05) is 6.92 Å². The fourth-order valence-electron chi connectivity index (χ4n) is 2.61. The van der Waals surface area contributed by atoms with Crippen LogP contribution in [0.4, 0.5) is 13.2 Å². The first-order valence-corrected chi connectivity index (χ1v) is 9.43. The Morgan fingerprint density at radius 2 is 1.81 bits per heavy atom. The third-order valence-corrected chi connectivity index (χ3v) is 4.12.